The lowest BCUT2D eigenvalue weighted by molar-refractivity contribution is 0.102. The average molecular weight is 380 g/mol. The van der Waals surface area contributed by atoms with E-state index in [0.29, 0.717) is 10.8 Å². The van der Waals surface area contributed by atoms with E-state index in [1.54, 1.807) is 17.5 Å². The third-order valence-electron chi connectivity index (χ3n) is 3.90. The highest BCUT2D eigenvalue weighted by Gasteiger charge is 2.15. The number of carbonyl (C=O) groups excluding carboxylic acids is 2. The highest BCUT2D eigenvalue weighted by atomic mass is 32.1. The van der Waals surface area contributed by atoms with Gasteiger partial charge in [0.1, 0.15) is 5.69 Å². The molecule has 1 aromatic heterocycles. The standard InChI is InChI=1S/C20H20N4O2S/c1-12-9-13(2)17(14(3)10-12)23-18(25)16-11-27-20(22-16)24-19(26)21-15-7-5-4-6-8-15/h4-11H,1-3H3,(H,23,25)(H2,21,22,24,26). The summed E-state index contributed by atoms with van der Waals surface area (Å²) in [5, 5.41) is 10.2. The number of anilines is 3. The van der Waals surface area contributed by atoms with E-state index in [1.807, 2.05) is 51.1 Å². The molecule has 7 heteroatoms. The van der Waals surface area contributed by atoms with Crippen molar-refractivity contribution in [3.8, 4) is 0 Å². The molecule has 0 atom stereocenters. The first-order chi connectivity index (χ1) is 12.9. The summed E-state index contributed by atoms with van der Waals surface area (Å²) in [7, 11) is 0. The lowest BCUT2D eigenvalue weighted by atomic mass is 10.1. The van der Waals surface area contributed by atoms with Crippen LogP contribution in [0.1, 0.15) is 27.2 Å². The first kappa shape index (κ1) is 18.6. The number of aromatic nitrogens is 1. The Hall–Kier alpha value is -3.19. The van der Waals surface area contributed by atoms with Gasteiger partial charge in [0.2, 0.25) is 0 Å². The maximum Gasteiger partial charge on any atom is 0.325 e. The van der Waals surface area contributed by atoms with Gasteiger partial charge in [0.15, 0.2) is 5.13 Å². The first-order valence-electron chi connectivity index (χ1n) is 8.40. The van der Waals surface area contributed by atoms with E-state index in [2.05, 4.69) is 20.9 Å². The van der Waals surface area contributed by atoms with E-state index in [1.165, 1.54) is 11.3 Å². The SMILES string of the molecule is Cc1cc(C)c(NC(=O)c2csc(NC(=O)Nc3ccccc3)n2)c(C)c1. The lowest BCUT2D eigenvalue weighted by Gasteiger charge is -2.11. The Kier molecular flexibility index (Phi) is 5.52. The zero-order chi connectivity index (χ0) is 19.4. The Morgan fingerprint density at radius 1 is 0.926 bits per heavy atom. The number of rotatable bonds is 4. The number of hydrogen-bond acceptors (Lipinski definition) is 4. The van der Waals surface area contributed by atoms with Gasteiger partial charge in [-0.25, -0.2) is 9.78 Å². The average Bonchev–Trinajstić information content (AvgIpc) is 3.07. The van der Waals surface area contributed by atoms with E-state index >= 15 is 0 Å². The highest BCUT2D eigenvalue weighted by molar-refractivity contribution is 7.14. The van der Waals surface area contributed by atoms with Crippen LogP contribution in [0.5, 0.6) is 0 Å². The van der Waals surface area contributed by atoms with Crippen LogP contribution in [0.2, 0.25) is 0 Å². The van der Waals surface area contributed by atoms with Gasteiger partial charge in [-0.1, -0.05) is 35.9 Å². The molecule has 3 aromatic rings. The summed E-state index contributed by atoms with van der Waals surface area (Å²) in [6.07, 6.45) is 0. The predicted octanol–water partition coefficient (Wildman–Crippen LogP) is 4.96. The van der Waals surface area contributed by atoms with Crippen LogP contribution in [0, 0.1) is 20.8 Å². The molecule has 1 heterocycles. The molecule has 0 aliphatic carbocycles. The van der Waals surface area contributed by atoms with Crippen LogP contribution in [0.4, 0.5) is 21.3 Å². The van der Waals surface area contributed by atoms with Crippen molar-refractivity contribution in [3.63, 3.8) is 0 Å². The second-order valence-corrected chi connectivity index (χ2v) is 7.07. The van der Waals surface area contributed by atoms with Crippen LogP contribution in [-0.4, -0.2) is 16.9 Å². The smallest absolute Gasteiger partial charge is 0.320 e. The normalized spacial score (nSPS) is 10.3. The third kappa shape index (κ3) is 4.71. The molecule has 0 unspecified atom stereocenters. The summed E-state index contributed by atoms with van der Waals surface area (Å²) in [5.74, 6) is -0.308. The summed E-state index contributed by atoms with van der Waals surface area (Å²) in [6, 6.07) is 12.7. The second kappa shape index (κ2) is 8.01. The van der Waals surface area contributed by atoms with E-state index < -0.39 is 6.03 Å². The van der Waals surface area contributed by atoms with Gasteiger partial charge in [-0.2, -0.15) is 0 Å². The minimum Gasteiger partial charge on any atom is -0.320 e. The fourth-order valence-corrected chi connectivity index (χ4v) is 3.46. The zero-order valence-electron chi connectivity index (χ0n) is 15.3. The molecule has 6 nitrogen and oxygen atoms in total. The molecule has 2 aromatic carbocycles. The van der Waals surface area contributed by atoms with Gasteiger partial charge in [-0.05, 0) is 44.0 Å². The molecule has 0 aliphatic rings. The molecule has 0 spiro atoms. The van der Waals surface area contributed by atoms with Gasteiger partial charge in [0.05, 0.1) is 0 Å². The number of para-hydroxylation sites is 1. The molecular formula is C20H20N4O2S. The zero-order valence-corrected chi connectivity index (χ0v) is 16.1. The van der Waals surface area contributed by atoms with Crippen LogP contribution < -0.4 is 16.0 Å². The molecular weight excluding hydrogens is 360 g/mol. The molecule has 0 aliphatic heterocycles. The number of urea groups is 1. The Bertz CT molecular complexity index is 960. The molecule has 0 fully saturated rings. The summed E-state index contributed by atoms with van der Waals surface area (Å²) in [5.41, 5.74) is 4.86. The molecule has 0 bridgehead atoms. The van der Waals surface area contributed by atoms with Crippen molar-refractivity contribution in [2.24, 2.45) is 0 Å². The number of nitrogens with one attached hydrogen (secondary N) is 3. The Morgan fingerprint density at radius 3 is 2.26 bits per heavy atom. The first-order valence-corrected chi connectivity index (χ1v) is 9.28. The van der Waals surface area contributed by atoms with Crippen LogP contribution in [-0.2, 0) is 0 Å². The molecule has 3 N–H and O–H groups in total. The van der Waals surface area contributed by atoms with Gasteiger partial charge in [-0.15, -0.1) is 11.3 Å². The van der Waals surface area contributed by atoms with Gasteiger partial charge in [0, 0.05) is 16.8 Å². The number of hydrogen-bond donors (Lipinski definition) is 3. The van der Waals surface area contributed by atoms with Crippen molar-refractivity contribution in [2.75, 3.05) is 16.0 Å². The van der Waals surface area contributed by atoms with Crippen molar-refractivity contribution in [1.82, 2.24) is 4.98 Å². The largest absolute Gasteiger partial charge is 0.325 e. The van der Waals surface area contributed by atoms with E-state index in [-0.39, 0.29) is 11.6 Å². The van der Waals surface area contributed by atoms with Crippen LogP contribution in [0.3, 0.4) is 0 Å². The summed E-state index contributed by atoms with van der Waals surface area (Å²) in [6.45, 7) is 5.93. The van der Waals surface area contributed by atoms with Gasteiger partial charge in [0.25, 0.3) is 5.91 Å². The molecule has 0 radical (unpaired) electrons. The fraction of sp³-hybridized carbons (Fsp3) is 0.150. The van der Waals surface area contributed by atoms with E-state index in [9.17, 15) is 9.59 Å². The van der Waals surface area contributed by atoms with Gasteiger partial charge >= 0.3 is 6.03 Å². The fourth-order valence-electron chi connectivity index (χ4n) is 2.77. The monoisotopic (exact) mass is 380 g/mol. The third-order valence-corrected chi connectivity index (χ3v) is 4.66. The number of nitrogens with zero attached hydrogens (tertiary/aromatic N) is 1. The summed E-state index contributed by atoms with van der Waals surface area (Å²) < 4.78 is 0. The Morgan fingerprint density at radius 2 is 1.59 bits per heavy atom. The van der Waals surface area contributed by atoms with Crippen LogP contribution in [0.15, 0.2) is 47.8 Å². The molecule has 0 saturated carbocycles. The topological polar surface area (TPSA) is 83.1 Å². The molecule has 0 saturated heterocycles. The second-order valence-electron chi connectivity index (χ2n) is 6.21. The van der Waals surface area contributed by atoms with Crippen LogP contribution >= 0.6 is 11.3 Å². The predicted molar refractivity (Wildman–Crippen MR) is 110 cm³/mol. The summed E-state index contributed by atoms with van der Waals surface area (Å²) in [4.78, 5) is 28.7. The maximum atomic E-state index is 12.5. The Labute approximate surface area is 161 Å². The van der Waals surface area contributed by atoms with E-state index in [0.717, 1.165) is 22.4 Å². The maximum absolute atomic E-state index is 12.5. The number of aryl methyl sites for hydroxylation is 3. The van der Waals surface area contributed by atoms with Crippen molar-refractivity contribution in [2.45, 2.75) is 20.8 Å². The quantitative estimate of drug-likeness (QED) is 0.598. The van der Waals surface area contributed by atoms with Crippen LogP contribution in [0.25, 0.3) is 0 Å². The van der Waals surface area contributed by atoms with Gasteiger partial charge in [-0.3, -0.25) is 10.1 Å². The van der Waals surface area contributed by atoms with Crippen molar-refractivity contribution >= 4 is 39.8 Å². The molecule has 138 valence electrons. The minimum absolute atomic E-state index is 0.259. The van der Waals surface area contributed by atoms with Gasteiger partial charge < -0.3 is 10.6 Å². The van der Waals surface area contributed by atoms with Crippen molar-refractivity contribution < 1.29 is 9.59 Å². The molecule has 27 heavy (non-hydrogen) atoms. The summed E-state index contributed by atoms with van der Waals surface area (Å²) >= 11 is 1.19. The lowest BCUT2D eigenvalue weighted by Crippen LogP contribution is -2.19. The van der Waals surface area contributed by atoms with Crippen molar-refractivity contribution in [3.05, 3.63) is 70.2 Å². The highest BCUT2D eigenvalue weighted by Crippen LogP contribution is 2.23. The molecule has 3 rings (SSSR count). The Balaban J connectivity index is 1.65. The number of carbonyl (C=O) groups is 2. The number of amides is 3. The number of benzene rings is 2. The number of thiazole rings is 1. The van der Waals surface area contributed by atoms with E-state index in [4.69, 9.17) is 0 Å². The molecule has 3 amide bonds. The van der Waals surface area contributed by atoms with Crippen molar-refractivity contribution in [1.29, 1.82) is 0 Å². The minimum atomic E-state index is -0.410.